The summed E-state index contributed by atoms with van der Waals surface area (Å²) in [5.74, 6) is 1.69. The molecule has 0 amide bonds. The van der Waals surface area contributed by atoms with Gasteiger partial charge in [0.25, 0.3) is 0 Å². The summed E-state index contributed by atoms with van der Waals surface area (Å²) in [7, 11) is 1.71. The van der Waals surface area contributed by atoms with Crippen molar-refractivity contribution in [1.82, 2.24) is 25.3 Å². The molecular weight excluding hydrogens is 306 g/mol. The molecule has 1 atom stereocenters. The van der Waals surface area contributed by atoms with Crippen LogP contribution >= 0.6 is 0 Å². The van der Waals surface area contributed by atoms with Crippen LogP contribution in [0.2, 0.25) is 0 Å². The van der Waals surface area contributed by atoms with Crippen molar-refractivity contribution in [2.24, 2.45) is 0 Å². The van der Waals surface area contributed by atoms with E-state index in [1.165, 1.54) is 4.63 Å². The number of nitrogens with zero attached hydrogens (tertiary/aromatic N) is 6. The molecule has 0 unspecified atom stereocenters. The van der Waals surface area contributed by atoms with E-state index in [9.17, 15) is 0 Å². The van der Waals surface area contributed by atoms with Crippen molar-refractivity contribution in [2.45, 2.75) is 18.9 Å². The Balaban J connectivity index is 1.50. The van der Waals surface area contributed by atoms with E-state index in [0.717, 1.165) is 43.2 Å². The van der Waals surface area contributed by atoms with Gasteiger partial charge in [0, 0.05) is 19.1 Å². The maximum Gasteiger partial charge on any atom is 0.200 e. The zero-order valence-electron chi connectivity index (χ0n) is 13.5. The van der Waals surface area contributed by atoms with Gasteiger partial charge >= 0.3 is 0 Å². The Bertz CT molecular complexity index is 834. The Kier molecular flexibility index (Phi) is 3.86. The number of tetrazole rings is 1. The molecule has 0 spiro atoms. The fourth-order valence-corrected chi connectivity index (χ4v) is 3.14. The van der Waals surface area contributed by atoms with Crippen LogP contribution in [0.4, 0.5) is 11.5 Å². The molecule has 1 fully saturated rings. The zero-order valence-corrected chi connectivity index (χ0v) is 13.5. The lowest BCUT2D eigenvalue weighted by molar-refractivity contribution is 0.411. The number of methoxy groups -OCH3 is 1. The molecule has 0 aliphatic carbocycles. The largest absolute Gasteiger partial charge is 0.495 e. The molecule has 8 nitrogen and oxygen atoms in total. The zero-order chi connectivity index (χ0) is 16.4. The lowest BCUT2D eigenvalue weighted by atomic mass is 10.0. The molecular formula is C16H19N7O. The fraction of sp³-hybridized carbons (Fsp3) is 0.375. The van der Waals surface area contributed by atoms with Crippen molar-refractivity contribution in [3.05, 3.63) is 36.4 Å². The Morgan fingerprint density at radius 1 is 1.21 bits per heavy atom. The number of hydrogen-bond donors (Lipinski definition) is 1. The average Bonchev–Trinajstić information content (AvgIpc) is 3.10. The first-order valence-electron chi connectivity index (χ1n) is 8.03. The number of rotatable bonds is 4. The minimum absolute atomic E-state index is 0.310. The number of benzene rings is 1. The maximum atomic E-state index is 5.49. The summed E-state index contributed by atoms with van der Waals surface area (Å²) in [5.41, 5.74) is 1.77. The van der Waals surface area contributed by atoms with Gasteiger partial charge in [-0.2, -0.15) is 0 Å². The molecule has 0 saturated carbocycles. The first-order valence-corrected chi connectivity index (χ1v) is 8.03. The topological polar surface area (TPSA) is 80.5 Å². The maximum absolute atomic E-state index is 5.49. The summed E-state index contributed by atoms with van der Waals surface area (Å²) < 4.78 is 6.93. The molecule has 3 aromatic rings. The number of fused-ring (bicyclic) bond motifs is 1. The van der Waals surface area contributed by atoms with Gasteiger partial charge in [0.05, 0.1) is 12.8 Å². The van der Waals surface area contributed by atoms with E-state index in [1.54, 1.807) is 7.11 Å². The minimum Gasteiger partial charge on any atom is -0.495 e. The molecule has 8 heteroatoms. The van der Waals surface area contributed by atoms with E-state index >= 15 is 0 Å². The van der Waals surface area contributed by atoms with Crippen LogP contribution in [-0.2, 0) is 0 Å². The van der Waals surface area contributed by atoms with Crippen LogP contribution in [-0.4, -0.2) is 51.5 Å². The van der Waals surface area contributed by atoms with E-state index in [4.69, 9.17) is 4.74 Å². The second kappa shape index (κ2) is 6.31. The average molecular weight is 325 g/mol. The van der Waals surface area contributed by atoms with E-state index in [1.807, 2.05) is 30.3 Å². The van der Waals surface area contributed by atoms with Crippen molar-refractivity contribution >= 4 is 17.2 Å². The summed E-state index contributed by atoms with van der Waals surface area (Å²) >= 11 is 0. The van der Waals surface area contributed by atoms with Gasteiger partial charge in [0.2, 0.25) is 0 Å². The van der Waals surface area contributed by atoms with Gasteiger partial charge in [-0.25, -0.2) is 0 Å². The predicted molar refractivity (Wildman–Crippen MR) is 90.4 cm³/mol. The number of ether oxygens (including phenoxy) is 1. The Morgan fingerprint density at radius 3 is 3.04 bits per heavy atom. The molecule has 124 valence electrons. The minimum atomic E-state index is 0.310. The van der Waals surface area contributed by atoms with Gasteiger partial charge < -0.3 is 15.0 Å². The van der Waals surface area contributed by atoms with Crippen LogP contribution in [0, 0.1) is 0 Å². The van der Waals surface area contributed by atoms with E-state index < -0.39 is 0 Å². The highest BCUT2D eigenvalue weighted by molar-refractivity contribution is 5.59. The van der Waals surface area contributed by atoms with Crippen molar-refractivity contribution < 1.29 is 4.74 Å². The SMILES string of the molecule is COc1ccccc1N1CCC[C@@H](Nc2ccc3nnnn3n2)C1. The van der Waals surface area contributed by atoms with Gasteiger partial charge in [-0.05, 0) is 47.5 Å². The van der Waals surface area contributed by atoms with Gasteiger partial charge in [-0.15, -0.1) is 14.8 Å². The van der Waals surface area contributed by atoms with E-state index in [0.29, 0.717) is 11.7 Å². The number of nitrogens with one attached hydrogen (secondary N) is 1. The third kappa shape index (κ3) is 2.82. The Morgan fingerprint density at radius 2 is 2.12 bits per heavy atom. The summed E-state index contributed by atoms with van der Waals surface area (Å²) in [4.78, 5) is 2.36. The molecule has 24 heavy (non-hydrogen) atoms. The van der Waals surface area contributed by atoms with Gasteiger partial charge in [-0.3, -0.25) is 0 Å². The van der Waals surface area contributed by atoms with Crippen molar-refractivity contribution in [1.29, 1.82) is 0 Å². The molecule has 2 aromatic heterocycles. The van der Waals surface area contributed by atoms with Crippen LogP contribution in [0.5, 0.6) is 5.75 Å². The number of anilines is 2. The highest BCUT2D eigenvalue weighted by Gasteiger charge is 2.22. The number of aromatic nitrogens is 5. The van der Waals surface area contributed by atoms with Crippen molar-refractivity contribution in [3.8, 4) is 5.75 Å². The molecule has 3 heterocycles. The molecule has 0 bridgehead atoms. The highest BCUT2D eigenvalue weighted by atomic mass is 16.5. The van der Waals surface area contributed by atoms with Gasteiger partial charge in [-0.1, -0.05) is 12.1 Å². The smallest absolute Gasteiger partial charge is 0.200 e. The number of para-hydroxylation sites is 2. The molecule has 1 aliphatic heterocycles. The second-order valence-electron chi connectivity index (χ2n) is 5.85. The molecule has 4 rings (SSSR count). The van der Waals surface area contributed by atoms with Crippen molar-refractivity contribution in [2.75, 3.05) is 30.4 Å². The van der Waals surface area contributed by atoms with Crippen LogP contribution < -0.4 is 15.0 Å². The quantitative estimate of drug-likeness (QED) is 0.780. The number of piperidine rings is 1. The lowest BCUT2D eigenvalue weighted by Crippen LogP contribution is -2.42. The first-order chi connectivity index (χ1) is 11.8. The second-order valence-corrected chi connectivity index (χ2v) is 5.85. The number of hydrogen-bond acceptors (Lipinski definition) is 7. The summed E-state index contributed by atoms with van der Waals surface area (Å²) in [6, 6.07) is 12.2. The van der Waals surface area contributed by atoms with Crippen LogP contribution in [0.1, 0.15) is 12.8 Å². The van der Waals surface area contributed by atoms with Crippen LogP contribution in [0.3, 0.4) is 0 Å². The lowest BCUT2D eigenvalue weighted by Gasteiger charge is -2.35. The highest BCUT2D eigenvalue weighted by Crippen LogP contribution is 2.30. The molecule has 1 aliphatic rings. The molecule has 1 N–H and O–H groups in total. The standard InChI is InChI=1S/C16H19N7O/c1-24-14-7-3-2-6-13(14)22-10-4-5-12(11-22)17-15-8-9-16-18-20-21-23(16)19-15/h2-3,6-9,12H,4-5,10-11H2,1H3,(H,17,19)/t12-/m1/s1. The van der Waals surface area contributed by atoms with Gasteiger partial charge in [0.1, 0.15) is 11.6 Å². The predicted octanol–water partition coefficient (Wildman–Crippen LogP) is 1.61. The van der Waals surface area contributed by atoms with Crippen LogP contribution in [0.25, 0.3) is 5.65 Å². The Labute approximate surface area is 139 Å². The van der Waals surface area contributed by atoms with Gasteiger partial charge in [0.15, 0.2) is 5.65 Å². The fourth-order valence-electron chi connectivity index (χ4n) is 3.14. The summed E-state index contributed by atoms with van der Waals surface area (Å²) in [5, 5.41) is 19.2. The third-order valence-electron chi connectivity index (χ3n) is 4.27. The Hall–Kier alpha value is -2.90. The molecule has 0 radical (unpaired) electrons. The third-order valence-corrected chi connectivity index (χ3v) is 4.27. The van der Waals surface area contributed by atoms with E-state index in [-0.39, 0.29) is 0 Å². The van der Waals surface area contributed by atoms with E-state index in [2.05, 4.69) is 36.9 Å². The monoisotopic (exact) mass is 325 g/mol. The first kappa shape index (κ1) is 14.7. The van der Waals surface area contributed by atoms with Crippen LogP contribution in [0.15, 0.2) is 36.4 Å². The van der Waals surface area contributed by atoms with Crippen molar-refractivity contribution in [3.63, 3.8) is 0 Å². The molecule has 1 aromatic carbocycles. The summed E-state index contributed by atoms with van der Waals surface area (Å²) in [6.07, 6.45) is 2.21. The normalized spacial score (nSPS) is 17.9. The summed E-state index contributed by atoms with van der Waals surface area (Å²) in [6.45, 7) is 1.92. The molecule has 1 saturated heterocycles.